The average molecular weight is 215 g/mol. The lowest BCUT2D eigenvalue weighted by Crippen LogP contribution is -1.92. The van der Waals surface area contributed by atoms with Crippen LogP contribution in [-0.2, 0) is 6.42 Å². The Morgan fingerprint density at radius 2 is 2.18 bits per heavy atom. The first kappa shape index (κ1) is 7.11. The van der Waals surface area contributed by atoms with Crippen molar-refractivity contribution in [2.24, 2.45) is 0 Å². The van der Waals surface area contributed by atoms with Crippen molar-refractivity contribution in [3.63, 3.8) is 0 Å². The number of fused-ring (bicyclic) bond motifs is 1. The highest BCUT2D eigenvalue weighted by Gasteiger charge is 2.02. The van der Waals surface area contributed by atoms with E-state index in [9.17, 15) is 0 Å². The van der Waals surface area contributed by atoms with Crippen LogP contribution in [-0.4, -0.2) is 0 Å². The van der Waals surface area contributed by atoms with Crippen molar-refractivity contribution in [3.8, 4) is 0 Å². The summed E-state index contributed by atoms with van der Waals surface area (Å²) in [6, 6.07) is 6.48. The maximum absolute atomic E-state index is 3.46. The van der Waals surface area contributed by atoms with Crippen molar-refractivity contribution in [3.05, 3.63) is 39.9 Å². The molecule has 1 aliphatic rings. The summed E-state index contributed by atoms with van der Waals surface area (Å²) >= 11 is 3.46. The van der Waals surface area contributed by atoms with Crippen molar-refractivity contribution in [1.82, 2.24) is 0 Å². The van der Waals surface area contributed by atoms with Crippen LogP contribution in [0.5, 0.6) is 0 Å². The van der Waals surface area contributed by atoms with E-state index < -0.39 is 0 Å². The quantitative estimate of drug-likeness (QED) is 0.622. The van der Waals surface area contributed by atoms with Gasteiger partial charge in [-0.3, -0.25) is 0 Å². The minimum atomic E-state index is 1.17. The topological polar surface area (TPSA) is 0 Å². The first-order chi connectivity index (χ1) is 5.36. The van der Waals surface area contributed by atoms with Gasteiger partial charge in [-0.25, -0.2) is 0 Å². The fourth-order valence-corrected chi connectivity index (χ4v) is 1.78. The Kier molecular flexibility index (Phi) is 1.82. The van der Waals surface area contributed by atoms with E-state index in [1.165, 1.54) is 28.4 Å². The lowest BCUT2D eigenvalue weighted by molar-refractivity contribution is 0.985. The van der Waals surface area contributed by atoms with Crippen molar-refractivity contribution < 1.29 is 0 Å². The molecule has 0 bridgehead atoms. The number of allylic oxidation sites excluding steroid dienone is 1. The number of aryl methyl sites for hydroxylation is 1. The number of rotatable bonds is 0. The Balaban J connectivity index is 2.54. The van der Waals surface area contributed by atoms with E-state index in [-0.39, 0.29) is 0 Å². The Labute approximate surface area is 75.1 Å². The fourth-order valence-electron chi connectivity index (χ4n) is 1.40. The molecule has 1 aliphatic carbocycles. The Morgan fingerprint density at radius 1 is 1.27 bits per heavy atom. The minimum Gasteiger partial charge on any atom is -0.0836 e. The maximum Gasteiger partial charge on any atom is 0.0181 e. The van der Waals surface area contributed by atoms with Crippen LogP contribution in [0.1, 0.15) is 17.5 Å². The highest BCUT2D eigenvalue weighted by Crippen LogP contribution is 2.22. The summed E-state index contributed by atoms with van der Waals surface area (Å²) in [5.41, 5.74) is 2.83. The predicted molar refractivity (Wildman–Crippen MR) is 51.5 cm³/mol. The molecule has 0 spiro atoms. The average Bonchev–Trinajstić information content (AvgIpc) is 2.04. The highest BCUT2D eigenvalue weighted by molar-refractivity contribution is 9.10. The van der Waals surface area contributed by atoms with Gasteiger partial charge in [0, 0.05) is 4.47 Å². The van der Waals surface area contributed by atoms with Gasteiger partial charge in [0.2, 0.25) is 0 Å². The molecule has 56 valence electrons. The molecular weight excluding hydrogens is 206 g/mol. The zero-order valence-corrected chi connectivity index (χ0v) is 7.76. The van der Waals surface area contributed by atoms with E-state index in [0.717, 1.165) is 0 Å². The maximum atomic E-state index is 3.46. The van der Waals surface area contributed by atoms with Crippen LogP contribution < -0.4 is 0 Å². The summed E-state index contributed by atoms with van der Waals surface area (Å²) in [6.07, 6.45) is 6.81. The molecule has 0 N–H and O–H groups in total. The van der Waals surface area contributed by atoms with Crippen molar-refractivity contribution >= 4 is 22.0 Å². The lowest BCUT2D eigenvalue weighted by atomic mass is 10.3. The number of halogens is 1. The summed E-state index contributed by atoms with van der Waals surface area (Å²) in [7, 11) is 0. The molecule has 0 heterocycles. The second-order valence-electron chi connectivity index (χ2n) is 2.78. The normalized spacial score (nSPS) is 14.6. The van der Waals surface area contributed by atoms with Gasteiger partial charge < -0.3 is 0 Å². The van der Waals surface area contributed by atoms with Gasteiger partial charge >= 0.3 is 0 Å². The molecule has 0 nitrogen and oxygen atoms in total. The molecule has 0 saturated carbocycles. The van der Waals surface area contributed by atoms with Gasteiger partial charge in [-0.05, 0) is 36.1 Å². The molecule has 0 atom stereocenters. The van der Waals surface area contributed by atoms with Crippen LogP contribution in [0.25, 0.3) is 6.08 Å². The fraction of sp³-hybridized carbons (Fsp3) is 0.200. The predicted octanol–water partition coefficient (Wildman–Crippen LogP) is 3.41. The molecule has 0 fully saturated rings. The van der Waals surface area contributed by atoms with Crippen LogP contribution >= 0.6 is 15.9 Å². The molecule has 0 amide bonds. The van der Waals surface area contributed by atoms with E-state index in [1.54, 1.807) is 0 Å². The number of benzene rings is 1. The van der Waals surface area contributed by atoms with Gasteiger partial charge in [-0.15, -0.1) is 0 Å². The van der Waals surface area contributed by atoms with Gasteiger partial charge in [0.05, 0.1) is 0 Å². The summed E-state index contributed by atoms with van der Waals surface area (Å²) < 4.78 is 1.17. The highest BCUT2D eigenvalue weighted by atomic mass is 79.9. The zero-order chi connectivity index (χ0) is 7.68. The smallest absolute Gasteiger partial charge is 0.0181 e. The first-order valence-corrected chi connectivity index (χ1v) is 4.60. The molecule has 0 aliphatic heterocycles. The molecular formula is C10H9Br. The summed E-state index contributed by atoms with van der Waals surface area (Å²) in [6.45, 7) is 0. The van der Waals surface area contributed by atoms with Crippen LogP contribution in [0.4, 0.5) is 0 Å². The van der Waals surface area contributed by atoms with Gasteiger partial charge in [0.15, 0.2) is 0 Å². The van der Waals surface area contributed by atoms with Gasteiger partial charge in [0.25, 0.3) is 0 Å². The van der Waals surface area contributed by atoms with Gasteiger partial charge in [-0.1, -0.05) is 34.1 Å². The second kappa shape index (κ2) is 2.82. The molecule has 11 heavy (non-hydrogen) atoms. The summed E-state index contributed by atoms with van der Waals surface area (Å²) in [4.78, 5) is 0. The molecule has 0 unspecified atom stereocenters. The number of hydrogen-bond acceptors (Lipinski definition) is 0. The summed E-state index contributed by atoms with van der Waals surface area (Å²) in [5.74, 6) is 0. The van der Waals surface area contributed by atoms with Crippen LogP contribution in [0.15, 0.2) is 28.7 Å². The molecule has 0 radical (unpaired) electrons. The van der Waals surface area contributed by atoms with Gasteiger partial charge in [0.1, 0.15) is 0 Å². The SMILES string of the molecule is Br[13c]1[13cH][13cH][13c]2[13c]([13cH]1)C=CCC2. The standard InChI is InChI=1S/C10H9Br/c11-10-6-5-8-3-1-2-4-9(8)7-10/h2,4-7H,1,3H2/i5+1,6+1,7+1,8+1,9+1,10+1. The van der Waals surface area contributed by atoms with E-state index >= 15 is 0 Å². The van der Waals surface area contributed by atoms with E-state index in [1.807, 2.05) is 0 Å². The first-order valence-electron chi connectivity index (χ1n) is 3.81. The minimum absolute atomic E-state index is 1.17. The molecule has 2 rings (SSSR count). The Morgan fingerprint density at radius 3 is 3.09 bits per heavy atom. The largest absolute Gasteiger partial charge is 0.0836 e. The van der Waals surface area contributed by atoms with Gasteiger partial charge in [-0.2, -0.15) is 0 Å². The monoisotopic (exact) mass is 214 g/mol. The van der Waals surface area contributed by atoms with E-state index in [0.29, 0.717) is 0 Å². The van der Waals surface area contributed by atoms with Crippen molar-refractivity contribution in [2.45, 2.75) is 12.8 Å². The third-order valence-corrected chi connectivity index (χ3v) is 2.48. The molecule has 0 saturated heterocycles. The van der Waals surface area contributed by atoms with Crippen molar-refractivity contribution in [1.29, 1.82) is 0 Å². The molecule has 1 aromatic carbocycles. The third kappa shape index (κ3) is 1.38. The second-order valence-corrected chi connectivity index (χ2v) is 3.70. The molecule has 1 heteroatoms. The summed E-state index contributed by atoms with van der Waals surface area (Å²) in [5, 5.41) is 0. The van der Waals surface area contributed by atoms with E-state index in [2.05, 4.69) is 46.3 Å². The van der Waals surface area contributed by atoms with Crippen LogP contribution in [0.3, 0.4) is 0 Å². The van der Waals surface area contributed by atoms with Crippen LogP contribution in [0, 0.1) is 0 Å². The van der Waals surface area contributed by atoms with Crippen LogP contribution in [0.2, 0.25) is 0 Å². The zero-order valence-electron chi connectivity index (χ0n) is 6.18. The molecule has 0 aromatic heterocycles. The van der Waals surface area contributed by atoms with E-state index in [4.69, 9.17) is 0 Å². The molecule has 1 aromatic rings. The third-order valence-electron chi connectivity index (χ3n) is 1.99. The number of hydrogen-bond donors (Lipinski definition) is 0. The Bertz CT molecular complexity index is 300. The lowest BCUT2D eigenvalue weighted by Gasteiger charge is -2.09. The van der Waals surface area contributed by atoms with Crippen molar-refractivity contribution in [2.75, 3.05) is 0 Å². The Hall–Kier alpha value is -0.560.